The van der Waals surface area contributed by atoms with Crippen LogP contribution in [0.4, 0.5) is 4.79 Å². The van der Waals surface area contributed by atoms with Crippen LogP contribution in [0, 0.1) is 5.92 Å². The molecule has 0 saturated carbocycles. The standard InChI is InChI=1S/C13H24N4O2/c1-5-9(2)12(18)7-14-13(19)16-10(3)11-6-15-17(4)8-11/h6,8-10,12,18H,5,7H2,1-4H3,(H2,14,16,19). The van der Waals surface area contributed by atoms with Crippen molar-refractivity contribution in [3.63, 3.8) is 0 Å². The summed E-state index contributed by atoms with van der Waals surface area (Å²) >= 11 is 0. The van der Waals surface area contributed by atoms with E-state index in [0.717, 1.165) is 12.0 Å². The third kappa shape index (κ3) is 4.90. The average molecular weight is 268 g/mol. The molecule has 1 heterocycles. The molecular formula is C13H24N4O2. The summed E-state index contributed by atoms with van der Waals surface area (Å²) < 4.78 is 1.69. The summed E-state index contributed by atoms with van der Waals surface area (Å²) in [6, 6.07) is -0.395. The molecule has 0 aliphatic rings. The monoisotopic (exact) mass is 268 g/mol. The summed E-state index contributed by atoms with van der Waals surface area (Å²) in [6.45, 7) is 6.13. The van der Waals surface area contributed by atoms with Crippen molar-refractivity contribution in [3.05, 3.63) is 18.0 Å². The minimum atomic E-state index is -0.510. The minimum Gasteiger partial charge on any atom is -0.391 e. The van der Waals surface area contributed by atoms with Crippen LogP contribution in [0.5, 0.6) is 0 Å². The molecule has 0 saturated heterocycles. The van der Waals surface area contributed by atoms with Gasteiger partial charge in [-0.3, -0.25) is 4.68 Å². The molecule has 0 aliphatic heterocycles. The summed E-state index contributed by atoms with van der Waals surface area (Å²) in [5.41, 5.74) is 0.945. The second-order valence-corrected chi connectivity index (χ2v) is 4.98. The largest absolute Gasteiger partial charge is 0.391 e. The Morgan fingerprint density at radius 2 is 2.21 bits per heavy atom. The van der Waals surface area contributed by atoms with Crippen molar-refractivity contribution in [3.8, 4) is 0 Å². The van der Waals surface area contributed by atoms with E-state index in [2.05, 4.69) is 15.7 Å². The Labute approximate surface area is 114 Å². The van der Waals surface area contributed by atoms with E-state index in [1.54, 1.807) is 10.9 Å². The predicted molar refractivity (Wildman–Crippen MR) is 73.6 cm³/mol. The topological polar surface area (TPSA) is 79.2 Å². The van der Waals surface area contributed by atoms with Gasteiger partial charge in [-0.05, 0) is 12.8 Å². The van der Waals surface area contributed by atoms with Crippen molar-refractivity contribution in [2.75, 3.05) is 6.54 Å². The molecule has 0 bridgehead atoms. The molecule has 2 amide bonds. The van der Waals surface area contributed by atoms with Gasteiger partial charge in [0.05, 0.1) is 18.3 Å². The van der Waals surface area contributed by atoms with Crippen molar-refractivity contribution in [2.24, 2.45) is 13.0 Å². The molecule has 3 atom stereocenters. The number of hydrogen-bond donors (Lipinski definition) is 3. The quantitative estimate of drug-likeness (QED) is 0.725. The average Bonchev–Trinajstić information content (AvgIpc) is 2.81. The molecule has 1 aromatic rings. The first-order chi connectivity index (χ1) is 8.93. The number of hydrogen-bond acceptors (Lipinski definition) is 3. The number of aryl methyl sites for hydroxylation is 1. The Morgan fingerprint density at radius 3 is 2.74 bits per heavy atom. The van der Waals surface area contributed by atoms with Crippen molar-refractivity contribution in [2.45, 2.75) is 39.3 Å². The Bertz CT molecular complexity index is 405. The Kier molecular flexibility index (Phi) is 5.82. The summed E-state index contributed by atoms with van der Waals surface area (Å²) in [5, 5.41) is 19.3. The number of aliphatic hydroxyl groups excluding tert-OH is 1. The lowest BCUT2D eigenvalue weighted by molar-refractivity contribution is 0.114. The van der Waals surface area contributed by atoms with Crippen LogP contribution >= 0.6 is 0 Å². The minimum absolute atomic E-state index is 0.116. The maximum atomic E-state index is 11.7. The van der Waals surface area contributed by atoms with Gasteiger partial charge in [-0.25, -0.2) is 4.79 Å². The fraction of sp³-hybridized carbons (Fsp3) is 0.692. The molecular weight excluding hydrogens is 244 g/mol. The van der Waals surface area contributed by atoms with Crippen LogP contribution in [0.15, 0.2) is 12.4 Å². The predicted octanol–water partition coefficient (Wildman–Crippen LogP) is 1.19. The van der Waals surface area contributed by atoms with E-state index in [1.807, 2.05) is 34.0 Å². The molecule has 1 rings (SSSR count). The van der Waals surface area contributed by atoms with Crippen LogP contribution in [0.25, 0.3) is 0 Å². The van der Waals surface area contributed by atoms with Gasteiger partial charge < -0.3 is 15.7 Å². The van der Waals surface area contributed by atoms with E-state index in [9.17, 15) is 9.90 Å². The lowest BCUT2D eigenvalue weighted by atomic mass is 10.0. The summed E-state index contributed by atoms with van der Waals surface area (Å²) in [7, 11) is 1.83. The fourth-order valence-electron chi connectivity index (χ4n) is 1.67. The van der Waals surface area contributed by atoms with Crippen molar-refractivity contribution in [1.82, 2.24) is 20.4 Å². The molecule has 0 spiro atoms. The summed E-state index contributed by atoms with van der Waals surface area (Å²) in [5.74, 6) is 0.177. The second-order valence-electron chi connectivity index (χ2n) is 4.98. The number of urea groups is 1. The van der Waals surface area contributed by atoms with Crippen molar-refractivity contribution in [1.29, 1.82) is 0 Å². The molecule has 108 valence electrons. The lowest BCUT2D eigenvalue weighted by Gasteiger charge is -2.19. The summed E-state index contributed by atoms with van der Waals surface area (Å²) in [6.07, 6.45) is 3.96. The highest BCUT2D eigenvalue weighted by Crippen LogP contribution is 2.10. The Balaban J connectivity index is 2.35. The van der Waals surface area contributed by atoms with Gasteiger partial charge in [0.15, 0.2) is 0 Å². The van der Waals surface area contributed by atoms with Gasteiger partial charge in [-0.15, -0.1) is 0 Å². The third-order valence-electron chi connectivity index (χ3n) is 3.35. The highest BCUT2D eigenvalue weighted by atomic mass is 16.3. The van der Waals surface area contributed by atoms with Gasteiger partial charge in [0.25, 0.3) is 0 Å². The van der Waals surface area contributed by atoms with Crippen LogP contribution in [0.2, 0.25) is 0 Å². The Morgan fingerprint density at radius 1 is 1.53 bits per heavy atom. The zero-order valence-corrected chi connectivity index (χ0v) is 12.1. The number of nitrogens with zero attached hydrogens (tertiary/aromatic N) is 2. The number of amides is 2. The van der Waals surface area contributed by atoms with Crippen molar-refractivity contribution < 1.29 is 9.90 Å². The van der Waals surface area contributed by atoms with Crippen molar-refractivity contribution >= 4 is 6.03 Å². The van der Waals surface area contributed by atoms with Gasteiger partial charge >= 0.3 is 6.03 Å². The van der Waals surface area contributed by atoms with Crippen LogP contribution in [0.1, 0.15) is 38.8 Å². The van der Waals surface area contributed by atoms with E-state index in [0.29, 0.717) is 0 Å². The third-order valence-corrected chi connectivity index (χ3v) is 3.35. The van der Waals surface area contributed by atoms with Gasteiger partial charge in [0.1, 0.15) is 0 Å². The molecule has 6 nitrogen and oxygen atoms in total. The molecule has 0 aromatic carbocycles. The van der Waals surface area contributed by atoms with Gasteiger partial charge in [0, 0.05) is 25.4 Å². The number of rotatable bonds is 6. The van der Waals surface area contributed by atoms with Crippen LogP contribution < -0.4 is 10.6 Å². The SMILES string of the molecule is CCC(C)C(O)CNC(=O)NC(C)c1cnn(C)c1. The molecule has 6 heteroatoms. The molecule has 0 aliphatic carbocycles. The fourth-order valence-corrected chi connectivity index (χ4v) is 1.67. The number of aliphatic hydroxyl groups is 1. The number of aromatic nitrogens is 2. The first-order valence-electron chi connectivity index (χ1n) is 6.65. The van der Waals surface area contributed by atoms with E-state index < -0.39 is 6.10 Å². The maximum Gasteiger partial charge on any atom is 0.315 e. The molecule has 0 fully saturated rings. The zero-order chi connectivity index (χ0) is 14.4. The van der Waals surface area contributed by atoms with Gasteiger partial charge in [0.2, 0.25) is 0 Å². The van der Waals surface area contributed by atoms with E-state index in [-0.39, 0.29) is 24.5 Å². The molecule has 0 radical (unpaired) electrons. The lowest BCUT2D eigenvalue weighted by Crippen LogP contribution is -2.42. The van der Waals surface area contributed by atoms with Crippen LogP contribution in [-0.4, -0.2) is 33.6 Å². The zero-order valence-electron chi connectivity index (χ0n) is 12.1. The van der Waals surface area contributed by atoms with E-state index in [1.165, 1.54) is 0 Å². The molecule has 3 N–H and O–H groups in total. The van der Waals surface area contributed by atoms with Crippen LogP contribution in [-0.2, 0) is 7.05 Å². The van der Waals surface area contributed by atoms with Gasteiger partial charge in [-0.2, -0.15) is 5.10 Å². The van der Waals surface area contributed by atoms with Gasteiger partial charge in [-0.1, -0.05) is 20.3 Å². The first-order valence-corrected chi connectivity index (χ1v) is 6.65. The highest BCUT2D eigenvalue weighted by molar-refractivity contribution is 5.74. The molecule has 19 heavy (non-hydrogen) atoms. The normalized spacial score (nSPS) is 15.6. The van der Waals surface area contributed by atoms with Crippen LogP contribution in [0.3, 0.4) is 0 Å². The number of nitrogens with one attached hydrogen (secondary N) is 2. The molecule has 3 unspecified atom stereocenters. The Hall–Kier alpha value is -1.56. The smallest absolute Gasteiger partial charge is 0.315 e. The highest BCUT2D eigenvalue weighted by Gasteiger charge is 2.15. The van der Waals surface area contributed by atoms with E-state index >= 15 is 0 Å². The molecule has 1 aromatic heterocycles. The number of carbonyl (C=O) groups excluding carboxylic acids is 1. The van der Waals surface area contributed by atoms with E-state index in [4.69, 9.17) is 0 Å². The second kappa shape index (κ2) is 7.13. The number of carbonyl (C=O) groups is 1. The summed E-state index contributed by atoms with van der Waals surface area (Å²) in [4.78, 5) is 11.7. The maximum absolute atomic E-state index is 11.7. The first kappa shape index (κ1) is 15.5.